The van der Waals surface area contributed by atoms with E-state index in [0.717, 1.165) is 5.69 Å². The molecule has 0 spiro atoms. The van der Waals surface area contributed by atoms with Crippen LogP contribution in [0.5, 0.6) is 0 Å². The second-order valence-corrected chi connectivity index (χ2v) is 3.79. The van der Waals surface area contributed by atoms with Crippen LogP contribution in [-0.4, -0.2) is 21.9 Å². The summed E-state index contributed by atoms with van der Waals surface area (Å²) >= 11 is 0. The number of hydrogen-bond acceptors (Lipinski definition) is 4. The molecule has 1 atom stereocenters. The highest BCUT2D eigenvalue weighted by Gasteiger charge is 2.19. The lowest BCUT2D eigenvalue weighted by Gasteiger charge is -2.18. The average Bonchev–Trinajstić information content (AvgIpc) is 2.13. The molecule has 0 fully saturated rings. The molecule has 15 heavy (non-hydrogen) atoms. The van der Waals surface area contributed by atoms with Crippen LogP contribution >= 0.6 is 0 Å². The molecule has 0 bridgehead atoms. The minimum Gasteiger partial charge on any atom is -0.368 e. The first kappa shape index (κ1) is 11.4. The third kappa shape index (κ3) is 3.19. The maximum Gasteiger partial charge on any atom is 0.240 e. The summed E-state index contributed by atoms with van der Waals surface area (Å²) in [7, 11) is 0. The third-order valence-corrected chi connectivity index (χ3v) is 2.05. The lowest BCUT2D eigenvalue weighted by atomic mass is 10.0. The molecule has 0 aliphatic heterocycles. The summed E-state index contributed by atoms with van der Waals surface area (Å²) in [6.45, 7) is 5.69. The molecule has 0 aliphatic rings. The highest BCUT2D eigenvalue weighted by Crippen LogP contribution is 2.08. The molecule has 5 heteroatoms. The molecular formula is C10H16N4O. The number of carbonyl (C=O) groups excluding carboxylic acids is 1. The Labute approximate surface area is 89.1 Å². The van der Waals surface area contributed by atoms with Gasteiger partial charge in [0.15, 0.2) is 0 Å². The van der Waals surface area contributed by atoms with E-state index < -0.39 is 11.9 Å². The van der Waals surface area contributed by atoms with Crippen molar-refractivity contribution in [3.8, 4) is 0 Å². The van der Waals surface area contributed by atoms with Gasteiger partial charge in [0.05, 0.1) is 0 Å². The molecule has 1 unspecified atom stereocenters. The topological polar surface area (TPSA) is 80.9 Å². The van der Waals surface area contributed by atoms with Crippen LogP contribution in [0.3, 0.4) is 0 Å². The van der Waals surface area contributed by atoms with E-state index in [1.165, 1.54) is 0 Å². The number of primary amides is 1. The van der Waals surface area contributed by atoms with Gasteiger partial charge >= 0.3 is 0 Å². The summed E-state index contributed by atoms with van der Waals surface area (Å²) < 4.78 is 0. The van der Waals surface area contributed by atoms with Gasteiger partial charge in [-0.05, 0) is 18.9 Å². The summed E-state index contributed by atoms with van der Waals surface area (Å²) in [5.74, 6) is 0.147. The Morgan fingerprint density at radius 3 is 2.67 bits per heavy atom. The van der Waals surface area contributed by atoms with E-state index in [1.54, 1.807) is 12.3 Å². The van der Waals surface area contributed by atoms with Gasteiger partial charge in [0, 0.05) is 11.9 Å². The molecule has 0 saturated carbocycles. The first-order valence-corrected chi connectivity index (χ1v) is 4.86. The van der Waals surface area contributed by atoms with Crippen LogP contribution in [-0.2, 0) is 4.79 Å². The van der Waals surface area contributed by atoms with Crippen molar-refractivity contribution in [2.75, 3.05) is 5.32 Å². The number of amides is 1. The quantitative estimate of drug-likeness (QED) is 0.763. The number of carbonyl (C=O) groups is 1. The standard InChI is InChI=1S/C10H16N4O/c1-6(2)8(9(11)15)14-10-12-5-4-7(3)13-10/h4-6,8H,1-3H3,(H2,11,15)(H,12,13,14). The number of nitrogens with zero attached hydrogens (tertiary/aromatic N) is 2. The second-order valence-electron chi connectivity index (χ2n) is 3.79. The van der Waals surface area contributed by atoms with Crippen LogP contribution in [0, 0.1) is 12.8 Å². The van der Waals surface area contributed by atoms with Gasteiger partial charge in [0.25, 0.3) is 0 Å². The largest absolute Gasteiger partial charge is 0.368 e. The van der Waals surface area contributed by atoms with Crippen LogP contribution < -0.4 is 11.1 Å². The fraction of sp³-hybridized carbons (Fsp3) is 0.500. The number of aromatic nitrogens is 2. The Morgan fingerprint density at radius 2 is 2.20 bits per heavy atom. The third-order valence-electron chi connectivity index (χ3n) is 2.05. The number of nitrogens with one attached hydrogen (secondary N) is 1. The second kappa shape index (κ2) is 4.72. The van der Waals surface area contributed by atoms with Crippen molar-refractivity contribution in [3.05, 3.63) is 18.0 Å². The summed E-state index contributed by atoms with van der Waals surface area (Å²) in [5.41, 5.74) is 6.11. The minimum atomic E-state index is -0.438. The number of nitrogens with two attached hydrogens (primary N) is 1. The van der Waals surface area contributed by atoms with Gasteiger partial charge in [-0.2, -0.15) is 0 Å². The van der Waals surface area contributed by atoms with E-state index in [9.17, 15) is 4.79 Å². The van der Waals surface area contributed by atoms with E-state index in [2.05, 4.69) is 15.3 Å². The fourth-order valence-electron chi connectivity index (χ4n) is 1.22. The Hall–Kier alpha value is -1.65. The highest BCUT2D eigenvalue weighted by molar-refractivity contribution is 5.82. The van der Waals surface area contributed by atoms with Crippen LogP contribution in [0.1, 0.15) is 19.5 Å². The SMILES string of the molecule is Cc1ccnc(NC(C(N)=O)C(C)C)n1. The fourth-order valence-corrected chi connectivity index (χ4v) is 1.22. The van der Waals surface area contributed by atoms with E-state index in [-0.39, 0.29) is 5.92 Å². The zero-order chi connectivity index (χ0) is 11.4. The molecule has 1 rings (SSSR count). The van der Waals surface area contributed by atoms with Gasteiger partial charge < -0.3 is 11.1 Å². The van der Waals surface area contributed by atoms with Crippen LogP contribution in [0.25, 0.3) is 0 Å². The minimum absolute atomic E-state index is 0.103. The zero-order valence-electron chi connectivity index (χ0n) is 9.19. The molecule has 0 aliphatic carbocycles. The molecule has 1 amide bonds. The van der Waals surface area contributed by atoms with Gasteiger partial charge in [0.1, 0.15) is 6.04 Å². The van der Waals surface area contributed by atoms with Crippen molar-refractivity contribution >= 4 is 11.9 Å². The van der Waals surface area contributed by atoms with Crippen LogP contribution in [0.15, 0.2) is 12.3 Å². The van der Waals surface area contributed by atoms with E-state index >= 15 is 0 Å². The maximum absolute atomic E-state index is 11.1. The van der Waals surface area contributed by atoms with E-state index in [4.69, 9.17) is 5.73 Å². The van der Waals surface area contributed by atoms with E-state index in [0.29, 0.717) is 5.95 Å². The molecule has 1 aromatic heterocycles. The number of hydrogen-bond donors (Lipinski definition) is 2. The summed E-state index contributed by atoms with van der Waals surface area (Å²) in [4.78, 5) is 19.3. The Morgan fingerprint density at radius 1 is 1.53 bits per heavy atom. The van der Waals surface area contributed by atoms with Crippen molar-refractivity contribution in [1.29, 1.82) is 0 Å². The Kier molecular flexibility index (Phi) is 3.60. The number of aryl methyl sites for hydroxylation is 1. The first-order chi connectivity index (χ1) is 7.00. The van der Waals surface area contributed by atoms with Crippen molar-refractivity contribution in [2.45, 2.75) is 26.8 Å². The van der Waals surface area contributed by atoms with Crippen molar-refractivity contribution in [2.24, 2.45) is 11.7 Å². The van der Waals surface area contributed by atoms with Gasteiger partial charge in [-0.15, -0.1) is 0 Å². The molecule has 1 aromatic rings. The maximum atomic E-state index is 11.1. The van der Waals surface area contributed by atoms with Crippen molar-refractivity contribution in [1.82, 2.24) is 9.97 Å². The van der Waals surface area contributed by atoms with Crippen molar-refractivity contribution in [3.63, 3.8) is 0 Å². The molecule has 3 N–H and O–H groups in total. The summed E-state index contributed by atoms with van der Waals surface area (Å²) in [6, 6.07) is 1.35. The van der Waals surface area contributed by atoms with Gasteiger partial charge in [0.2, 0.25) is 11.9 Å². The van der Waals surface area contributed by atoms with Crippen LogP contribution in [0.4, 0.5) is 5.95 Å². The average molecular weight is 208 g/mol. The molecule has 0 radical (unpaired) electrons. The van der Waals surface area contributed by atoms with Gasteiger partial charge in [-0.1, -0.05) is 13.8 Å². The molecule has 0 saturated heterocycles. The molecule has 5 nitrogen and oxygen atoms in total. The lowest BCUT2D eigenvalue weighted by molar-refractivity contribution is -0.119. The monoisotopic (exact) mass is 208 g/mol. The first-order valence-electron chi connectivity index (χ1n) is 4.86. The van der Waals surface area contributed by atoms with E-state index in [1.807, 2.05) is 20.8 Å². The smallest absolute Gasteiger partial charge is 0.240 e. The van der Waals surface area contributed by atoms with Gasteiger partial charge in [-0.25, -0.2) is 9.97 Å². The van der Waals surface area contributed by atoms with Crippen molar-refractivity contribution < 1.29 is 4.79 Å². The number of rotatable bonds is 4. The number of anilines is 1. The molecule has 0 aromatic carbocycles. The normalized spacial score (nSPS) is 12.5. The molecule has 1 heterocycles. The highest BCUT2D eigenvalue weighted by atomic mass is 16.1. The Bertz CT molecular complexity index is 351. The zero-order valence-corrected chi connectivity index (χ0v) is 9.19. The predicted octanol–water partition coefficient (Wildman–Crippen LogP) is 0.707. The molecular weight excluding hydrogens is 192 g/mol. The summed E-state index contributed by atoms with van der Waals surface area (Å²) in [5, 5.41) is 2.92. The predicted molar refractivity (Wildman–Crippen MR) is 58.2 cm³/mol. The van der Waals surface area contributed by atoms with Crippen LogP contribution in [0.2, 0.25) is 0 Å². The Balaban J connectivity index is 2.79. The summed E-state index contributed by atoms with van der Waals surface area (Å²) in [6.07, 6.45) is 1.64. The van der Waals surface area contributed by atoms with Gasteiger partial charge in [-0.3, -0.25) is 4.79 Å². The molecule has 82 valence electrons. The lowest BCUT2D eigenvalue weighted by Crippen LogP contribution is -2.40.